The average Bonchev–Trinajstić information content (AvgIpc) is 2.31. The Kier molecular flexibility index (Phi) is 4.46. The Hall–Kier alpha value is -0.220. The highest BCUT2D eigenvalue weighted by molar-refractivity contribution is 8.01. The summed E-state index contributed by atoms with van der Waals surface area (Å²) < 4.78 is 0. The molecule has 1 aliphatic rings. The molecule has 88 valence electrons. The Morgan fingerprint density at radius 1 is 1.47 bits per heavy atom. The zero-order valence-electron chi connectivity index (χ0n) is 9.93. The molecule has 0 aromatic heterocycles. The van der Waals surface area contributed by atoms with Crippen molar-refractivity contribution in [1.82, 2.24) is 4.90 Å². The van der Waals surface area contributed by atoms with E-state index >= 15 is 0 Å². The molecule has 0 aromatic rings. The number of amides is 1. The third-order valence-corrected chi connectivity index (χ3v) is 3.61. The van der Waals surface area contributed by atoms with E-state index in [9.17, 15) is 9.90 Å². The van der Waals surface area contributed by atoms with E-state index in [4.69, 9.17) is 0 Å². The lowest BCUT2D eigenvalue weighted by atomic mass is 10.2. The van der Waals surface area contributed by atoms with E-state index < -0.39 is 6.23 Å². The van der Waals surface area contributed by atoms with Crippen LogP contribution in [0, 0.1) is 5.92 Å². The van der Waals surface area contributed by atoms with Gasteiger partial charge in [-0.3, -0.25) is 4.79 Å². The molecule has 0 aromatic carbocycles. The van der Waals surface area contributed by atoms with Crippen LogP contribution in [0.15, 0.2) is 0 Å². The smallest absolute Gasteiger partial charge is 0.237 e. The van der Waals surface area contributed by atoms with Crippen LogP contribution in [0.3, 0.4) is 0 Å². The van der Waals surface area contributed by atoms with Gasteiger partial charge in [0, 0.05) is 13.0 Å². The fourth-order valence-electron chi connectivity index (χ4n) is 1.80. The van der Waals surface area contributed by atoms with Gasteiger partial charge in [0.25, 0.3) is 0 Å². The number of carbonyl (C=O) groups is 1. The Morgan fingerprint density at radius 3 is 2.53 bits per heavy atom. The zero-order chi connectivity index (χ0) is 11.6. The molecule has 0 spiro atoms. The summed E-state index contributed by atoms with van der Waals surface area (Å²) in [6.07, 6.45) is 0.00477. The van der Waals surface area contributed by atoms with Crippen LogP contribution in [0.4, 0.5) is 0 Å². The Balaban J connectivity index is 2.58. The van der Waals surface area contributed by atoms with E-state index in [0.29, 0.717) is 24.1 Å². The van der Waals surface area contributed by atoms with Crippen molar-refractivity contribution in [3.8, 4) is 0 Å². The summed E-state index contributed by atoms with van der Waals surface area (Å²) in [4.78, 5) is 13.5. The van der Waals surface area contributed by atoms with Gasteiger partial charge >= 0.3 is 0 Å². The molecule has 0 bridgehead atoms. The minimum absolute atomic E-state index is 0.0428. The Labute approximate surface area is 96.2 Å². The van der Waals surface area contributed by atoms with Crippen molar-refractivity contribution >= 4 is 17.7 Å². The van der Waals surface area contributed by atoms with Gasteiger partial charge in [-0.2, -0.15) is 0 Å². The Morgan fingerprint density at radius 2 is 2.07 bits per heavy atom. The average molecular weight is 231 g/mol. The van der Waals surface area contributed by atoms with Gasteiger partial charge in [-0.15, -0.1) is 11.8 Å². The molecule has 1 amide bonds. The molecule has 1 saturated heterocycles. The van der Waals surface area contributed by atoms with Crippen LogP contribution in [-0.2, 0) is 4.79 Å². The van der Waals surface area contributed by atoms with Crippen LogP contribution in [0.2, 0.25) is 0 Å². The van der Waals surface area contributed by atoms with E-state index in [-0.39, 0.29) is 11.2 Å². The molecule has 2 atom stereocenters. The number of nitrogens with zero attached hydrogens (tertiary/aromatic N) is 1. The minimum atomic E-state index is -0.573. The van der Waals surface area contributed by atoms with Gasteiger partial charge in [-0.1, -0.05) is 27.7 Å². The van der Waals surface area contributed by atoms with E-state index in [1.54, 1.807) is 16.7 Å². The van der Waals surface area contributed by atoms with Crippen LogP contribution < -0.4 is 0 Å². The van der Waals surface area contributed by atoms with Gasteiger partial charge < -0.3 is 10.0 Å². The monoisotopic (exact) mass is 231 g/mol. The maximum Gasteiger partial charge on any atom is 0.237 e. The summed E-state index contributed by atoms with van der Waals surface area (Å²) in [7, 11) is 0. The van der Waals surface area contributed by atoms with Gasteiger partial charge in [-0.25, -0.2) is 0 Å². The fraction of sp³-hybridized carbons (Fsp3) is 0.909. The maximum atomic E-state index is 11.9. The number of aliphatic hydroxyl groups is 1. The molecule has 2 unspecified atom stereocenters. The predicted molar refractivity (Wildman–Crippen MR) is 63.7 cm³/mol. The van der Waals surface area contributed by atoms with Crippen LogP contribution in [0.1, 0.15) is 34.1 Å². The van der Waals surface area contributed by atoms with E-state index in [0.717, 1.165) is 0 Å². The number of rotatable bonds is 4. The summed E-state index contributed by atoms with van der Waals surface area (Å²) >= 11 is 1.65. The largest absolute Gasteiger partial charge is 0.373 e. The van der Waals surface area contributed by atoms with Crippen molar-refractivity contribution in [2.75, 3.05) is 6.54 Å². The van der Waals surface area contributed by atoms with Crippen molar-refractivity contribution < 1.29 is 9.90 Å². The number of likely N-dealkylation sites (tertiary alicyclic amines) is 1. The minimum Gasteiger partial charge on any atom is -0.373 e. The second kappa shape index (κ2) is 5.21. The third kappa shape index (κ3) is 3.38. The summed E-state index contributed by atoms with van der Waals surface area (Å²) in [5, 5.41) is 10.2. The van der Waals surface area contributed by atoms with Crippen molar-refractivity contribution in [3.05, 3.63) is 0 Å². The van der Waals surface area contributed by atoms with Crippen LogP contribution in [0.5, 0.6) is 0 Å². The number of aliphatic hydroxyl groups excluding tert-OH is 1. The van der Waals surface area contributed by atoms with E-state index in [1.807, 2.05) is 0 Å². The third-order valence-electron chi connectivity index (χ3n) is 2.34. The first-order chi connectivity index (χ1) is 6.91. The molecular formula is C11H21NO2S. The molecule has 1 fully saturated rings. The molecule has 3 nitrogen and oxygen atoms in total. The molecular weight excluding hydrogens is 210 g/mol. The lowest BCUT2D eigenvalue weighted by molar-refractivity contribution is -0.133. The summed E-state index contributed by atoms with van der Waals surface area (Å²) in [5.41, 5.74) is 0. The van der Waals surface area contributed by atoms with Crippen molar-refractivity contribution in [3.63, 3.8) is 0 Å². The first kappa shape index (κ1) is 12.8. The lowest BCUT2D eigenvalue weighted by Gasteiger charge is -2.22. The van der Waals surface area contributed by atoms with Gasteiger partial charge in [0.1, 0.15) is 6.23 Å². The zero-order valence-corrected chi connectivity index (χ0v) is 10.8. The first-order valence-electron chi connectivity index (χ1n) is 5.55. The predicted octanol–water partition coefficient (Wildman–Crippen LogP) is 1.70. The quantitative estimate of drug-likeness (QED) is 0.800. The van der Waals surface area contributed by atoms with Crippen molar-refractivity contribution in [2.24, 2.45) is 5.92 Å². The molecule has 1 aliphatic heterocycles. The van der Waals surface area contributed by atoms with Crippen LogP contribution in [-0.4, -0.2) is 39.2 Å². The molecule has 15 heavy (non-hydrogen) atoms. The number of thioether (sulfide) groups is 1. The number of hydrogen-bond acceptors (Lipinski definition) is 3. The highest BCUT2D eigenvalue weighted by atomic mass is 32.2. The summed E-state index contributed by atoms with van der Waals surface area (Å²) in [5.74, 6) is 0.515. The topological polar surface area (TPSA) is 40.5 Å². The van der Waals surface area contributed by atoms with Gasteiger partial charge in [0.2, 0.25) is 5.91 Å². The summed E-state index contributed by atoms with van der Waals surface area (Å²) in [6.45, 7) is 8.94. The van der Waals surface area contributed by atoms with Crippen molar-refractivity contribution in [1.29, 1.82) is 0 Å². The van der Waals surface area contributed by atoms with Gasteiger partial charge in [0.15, 0.2) is 0 Å². The van der Waals surface area contributed by atoms with Gasteiger partial charge in [-0.05, 0) is 11.2 Å². The SMILES string of the molecule is CC(C)CN1C(=O)C(SC(C)C)CC1O. The number of carbonyl (C=O) groups excluding carboxylic acids is 1. The molecule has 1 heterocycles. The molecule has 4 heteroatoms. The van der Waals surface area contributed by atoms with Crippen LogP contribution >= 0.6 is 11.8 Å². The molecule has 1 rings (SSSR count). The summed E-state index contributed by atoms with van der Waals surface area (Å²) in [6, 6.07) is 0. The second-order valence-electron chi connectivity index (χ2n) is 4.77. The standard InChI is InChI=1S/C11H21NO2S/c1-7(2)6-12-10(13)5-9(11(12)14)15-8(3)4/h7-10,13H,5-6H2,1-4H3. The lowest BCUT2D eigenvalue weighted by Crippen LogP contribution is -2.37. The second-order valence-corrected chi connectivity index (χ2v) is 6.56. The molecule has 0 aliphatic carbocycles. The van der Waals surface area contributed by atoms with Crippen molar-refractivity contribution in [2.45, 2.75) is 50.8 Å². The highest BCUT2D eigenvalue weighted by Gasteiger charge is 2.39. The van der Waals surface area contributed by atoms with E-state index in [1.165, 1.54) is 0 Å². The number of hydrogen-bond donors (Lipinski definition) is 1. The Bertz CT molecular complexity index is 231. The molecule has 1 N–H and O–H groups in total. The normalized spacial score (nSPS) is 27.1. The maximum absolute atomic E-state index is 11.9. The van der Waals surface area contributed by atoms with Gasteiger partial charge in [0.05, 0.1) is 5.25 Å². The fourth-order valence-corrected chi connectivity index (χ4v) is 2.99. The van der Waals surface area contributed by atoms with E-state index in [2.05, 4.69) is 27.7 Å². The van der Waals surface area contributed by atoms with Crippen LogP contribution in [0.25, 0.3) is 0 Å². The molecule has 0 radical (unpaired) electrons. The highest BCUT2D eigenvalue weighted by Crippen LogP contribution is 2.30. The first-order valence-corrected chi connectivity index (χ1v) is 6.50. The molecule has 0 saturated carbocycles.